The molecular formula is C30H35N5O2. The zero-order chi connectivity index (χ0) is 25.5. The summed E-state index contributed by atoms with van der Waals surface area (Å²) in [6, 6.07) is 26.4. The molecule has 2 fully saturated rings. The van der Waals surface area contributed by atoms with Gasteiger partial charge in [-0.05, 0) is 86.3 Å². The van der Waals surface area contributed by atoms with Crippen LogP contribution in [0.1, 0.15) is 36.8 Å². The minimum absolute atomic E-state index is 0.0373. The van der Waals surface area contributed by atoms with Crippen LogP contribution in [0.3, 0.4) is 0 Å². The number of anilines is 3. The van der Waals surface area contributed by atoms with E-state index in [1.54, 1.807) is 0 Å². The Bertz CT molecular complexity index is 1090. The summed E-state index contributed by atoms with van der Waals surface area (Å²) in [7, 11) is 0. The number of hydrogen-bond donors (Lipinski definition) is 4. The number of rotatable bonds is 9. The molecule has 0 radical (unpaired) electrons. The largest absolute Gasteiger partial charge is 0.363 e. The summed E-state index contributed by atoms with van der Waals surface area (Å²) < 4.78 is 0. The monoisotopic (exact) mass is 497 g/mol. The van der Waals surface area contributed by atoms with E-state index in [1.165, 1.54) is 0 Å². The number of hydrogen-bond acceptors (Lipinski definition) is 5. The normalized spacial score (nSPS) is 18.9. The van der Waals surface area contributed by atoms with Crippen molar-refractivity contribution in [3.8, 4) is 0 Å². The Morgan fingerprint density at radius 3 is 1.54 bits per heavy atom. The van der Waals surface area contributed by atoms with Gasteiger partial charge < -0.3 is 26.2 Å². The summed E-state index contributed by atoms with van der Waals surface area (Å²) in [5.41, 5.74) is 5.10. The molecule has 7 heteroatoms. The second-order valence-corrected chi connectivity index (χ2v) is 9.86. The van der Waals surface area contributed by atoms with Gasteiger partial charge in [-0.25, -0.2) is 0 Å². The summed E-state index contributed by atoms with van der Waals surface area (Å²) in [6.07, 6.45) is 3.87. The second-order valence-electron chi connectivity index (χ2n) is 9.86. The minimum atomic E-state index is -0.0904. The van der Waals surface area contributed by atoms with Crippen LogP contribution < -0.4 is 26.2 Å². The van der Waals surface area contributed by atoms with Crippen molar-refractivity contribution < 1.29 is 9.59 Å². The third kappa shape index (κ3) is 6.76. The number of benzene rings is 3. The molecule has 3 aromatic carbocycles. The highest BCUT2D eigenvalue weighted by atomic mass is 16.2. The molecule has 0 saturated carbocycles. The van der Waals surface area contributed by atoms with Crippen LogP contribution in [0, 0.1) is 0 Å². The van der Waals surface area contributed by atoms with Crippen LogP contribution in [-0.2, 0) is 22.7 Å². The first-order valence-electron chi connectivity index (χ1n) is 13.2. The Balaban J connectivity index is 1.23. The number of nitrogens with zero attached hydrogens (tertiary/aromatic N) is 1. The van der Waals surface area contributed by atoms with E-state index >= 15 is 0 Å². The lowest BCUT2D eigenvalue weighted by Crippen LogP contribution is -2.35. The predicted molar refractivity (Wildman–Crippen MR) is 149 cm³/mol. The van der Waals surface area contributed by atoms with Gasteiger partial charge in [0.25, 0.3) is 0 Å². The van der Waals surface area contributed by atoms with E-state index in [-0.39, 0.29) is 23.9 Å². The molecule has 7 nitrogen and oxygen atoms in total. The van der Waals surface area contributed by atoms with Crippen molar-refractivity contribution in [2.45, 2.75) is 50.9 Å². The molecule has 37 heavy (non-hydrogen) atoms. The van der Waals surface area contributed by atoms with Gasteiger partial charge in [0.15, 0.2) is 0 Å². The maximum absolute atomic E-state index is 12.4. The van der Waals surface area contributed by atoms with Crippen LogP contribution in [0.25, 0.3) is 0 Å². The van der Waals surface area contributed by atoms with Crippen LogP contribution in [0.4, 0.5) is 17.1 Å². The van der Waals surface area contributed by atoms with Crippen LogP contribution in [0.5, 0.6) is 0 Å². The summed E-state index contributed by atoms with van der Waals surface area (Å²) in [5, 5.41) is 12.5. The third-order valence-corrected chi connectivity index (χ3v) is 7.06. The molecule has 3 aromatic rings. The van der Waals surface area contributed by atoms with Gasteiger partial charge in [-0.3, -0.25) is 9.59 Å². The van der Waals surface area contributed by atoms with Crippen molar-refractivity contribution in [1.82, 2.24) is 10.6 Å². The molecule has 2 atom stereocenters. The molecule has 2 amide bonds. The Hall–Kier alpha value is -3.68. The quantitative estimate of drug-likeness (QED) is 0.355. The Morgan fingerprint density at radius 1 is 0.676 bits per heavy atom. The fraction of sp³-hybridized carbons (Fsp3) is 0.333. The van der Waals surface area contributed by atoms with E-state index in [1.807, 2.05) is 42.5 Å². The highest BCUT2D eigenvalue weighted by Gasteiger charge is 2.22. The maximum Gasteiger partial charge on any atom is 0.241 e. The van der Waals surface area contributed by atoms with Gasteiger partial charge in [0, 0.05) is 30.2 Å². The van der Waals surface area contributed by atoms with Gasteiger partial charge in [-0.15, -0.1) is 0 Å². The lowest BCUT2D eigenvalue weighted by atomic mass is 10.1. The molecule has 0 spiro atoms. The van der Waals surface area contributed by atoms with Gasteiger partial charge in [0.05, 0.1) is 12.1 Å². The summed E-state index contributed by atoms with van der Waals surface area (Å²) >= 11 is 0. The first kappa shape index (κ1) is 25.0. The summed E-state index contributed by atoms with van der Waals surface area (Å²) in [6.45, 7) is 3.27. The smallest absolute Gasteiger partial charge is 0.241 e. The first-order valence-corrected chi connectivity index (χ1v) is 13.2. The van der Waals surface area contributed by atoms with Gasteiger partial charge in [0.1, 0.15) is 0 Å². The van der Waals surface area contributed by atoms with Crippen molar-refractivity contribution in [3.05, 3.63) is 90.0 Å². The lowest BCUT2D eigenvalue weighted by Gasteiger charge is -2.25. The maximum atomic E-state index is 12.4. The van der Waals surface area contributed by atoms with Gasteiger partial charge in [0.2, 0.25) is 11.8 Å². The average molecular weight is 498 g/mol. The van der Waals surface area contributed by atoms with Crippen molar-refractivity contribution in [1.29, 1.82) is 0 Å². The third-order valence-electron chi connectivity index (χ3n) is 7.06. The molecule has 4 N–H and O–H groups in total. The van der Waals surface area contributed by atoms with E-state index in [9.17, 15) is 9.59 Å². The van der Waals surface area contributed by atoms with Crippen molar-refractivity contribution in [3.63, 3.8) is 0 Å². The van der Waals surface area contributed by atoms with E-state index in [0.717, 1.165) is 80.1 Å². The molecule has 192 valence electrons. The topological polar surface area (TPSA) is 85.5 Å². The molecule has 0 aliphatic carbocycles. The SMILES string of the molecule is O=C(Nc1ccc(CN(Cc2ccc(NC(=O)C3CCCN3)cc2)c2ccccc2)cc1)C1CCCN1. The van der Waals surface area contributed by atoms with Crippen LogP contribution in [0.2, 0.25) is 0 Å². The molecule has 2 saturated heterocycles. The van der Waals surface area contributed by atoms with Crippen molar-refractivity contribution in [2.24, 2.45) is 0 Å². The van der Waals surface area contributed by atoms with Crippen LogP contribution in [-0.4, -0.2) is 37.0 Å². The predicted octanol–water partition coefficient (Wildman–Crippen LogP) is 4.27. The van der Waals surface area contributed by atoms with Gasteiger partial charge in [-0.1, -0.05) is 42.5 Å². The second kappa shape index (κ2) is 12.0. The van der Waals surface area contributed by atoms with Gasteiger partial charge in [-0.2, -0.15) is 0 Å². The van der Waals surface area contributed by atoms with Crippen LogP contribution in [0.15, 0.2) is 78.9 Å². The van der Waals surface area contributed by atoms with E-state index in [4.69, 9.17) is 0 Å². The molecular weight excluding hydrogens is 462 g/mol. The highest BCUT2D eigenvalue weighted by molar-refractivity contribution is 5.95. The number of carbonyl (C=O) groups excluding carboxylic acids is 2. The lowest BCUT2D eigenvalue weighted by molar-refractivity contribution is -0.118. The molecule has 0 bridgehead atoms. The Kier molecular flexibility index (Phi) is 8.13. The average Bonchev–Trinajstić information content (AvgIpc) is 3.66. The first-order chi connectivity index (χ1) is 18.1. The minimum Gasteiger partial charge on any atom is -0.363 e. The number of carbonyl (C=O) groups is 2. The fourth-order valence-electron chi connectivity index (χ4n) is 4.98. The number of para-hydroxylation sites is 1. The Morgan fingerprint density at radius 2 is 1.14 bits per heavy atom. The summed E-state index contributed by atoms with van der Waals surface area (Å²) in [5.74, 6) is 0.0746. The van der Waals surface area contributed by atoms with Crippen molar-refractivity contribution in [2.75, 3.05) is 28.6 Å². The number of nitrogens with one attached hydrogen (secondary N) is 4. The zero-order valence-corrected chi connectivity index (χ0v) is 21.1. The Labute approximate surface area is 218 Å². The standard InChI is InChI=1S/C30H35N5O2/c36-29(27-8-4-18-31-27)33-24-14-10-22(11-15-24)20-35(26-6-2-1-3-7-26)21-23-12-16-25(17-13-23)34-30(37)28-9-5-19-32-28/h1-3,6-7,10-17,27-28,31-32H,4-5,8-9,18-21H2,(H,33,36)(H,34,37). The highest BCUT2D eigenvalue weighted by Crippen LogP contribution is 2.22. The van der Waals surface area contributed by atoms with E-state index in [0.29, 0.717) is 0 Å². The zero-order valence-electron chi connectivity index (χ0n) is 21.1. The van der Waals surface area contributed by atoms with Crippen molar-refractivity contribution >= 4 is 28.9 Å². The molecule has 2 aliphatic rings. The molecule has 5 rings (SSSR count). The summed E-state index contributed by atoms with van der Waals surface area (Å²) in [4.78, 5) is 27.1. The molecule has 2 heterocycles. The molecule has 2 unspecified atom stereocenters. The van der Waals surface area contributed by atoms with Gasteiger partial charge >= 0.3 is 0 Å². The number of amides is 2. The fourth-order valence-corrected chi connectivity index (χ4v) is 4.98. The van der Waals surface area contributed by atoms with E-state index < -0.39 is 0 Å². The molecule has 0 aromatic heterocycles. The van der Waals surface area contributed by atoms with Crippen LogP contribution >= 0.6 is 0 Å². The van der Waals surface area contributed by atoms with E-state index in [2.05, 4.69) is 62.6 Å². The molecule has 2 aliphatic heterocycles.